The summed E-state index contributed by atoms with van der Waals surface area (Å²) in [6.45, 7) is 0. The van der Waals surface area contributed by atoms with Crippen LogP contribution in [0.2, 0.25) is 0 Å². The number of esters is 1. The molecule has 4 saturated heterocycles. The molecule has 0 radical (unpaired) electrons. The van der Waals surface area contributed by atoms with Crippen LogP contribution >= 0.6 is 80.2 Å². The number of nitrogens with zero attached hydrogens (tertiary/aromatic N) is 1. The Labute approximate surface area is 395 Å². The molecule has 61 heavy (non-hydrogen) atoms. The van der Waals surface area contributed by atoms with Gasteiger partial charge in [0.15, 0.2) is 0 Å². The van der Waals surface area contributed by atoms with Gasteiger partial charge in [0.2, 0.25) is 0 Å². The van der Waals surface area contributed by atoms with Crippen LogP contribution in [0.4, 0.5) is 0 Å². The Morgan fingerprint density at radius 1 is 0.541 bits per heavy atom. The Bertz CT molecular complexity index is 2710. The van der Waals surface area contributed by atoms with Crippen molar-refractivity contribution in [2.24, 2.45) is 0 Å². The van der Waals surface area contributed by atoms with Gasteiger partial charge >= 0.3 is 400 Å². The molecule has 4 fully saturated rings. The van der Waals surface area contributed by atoms with Crippen molar-refractivity contribution in [2.45, 2.75) is 5.60 Å². The maximum absolute atomic E-state index is 13.2. The SMILES string of the molecule is O=C1OC2(c3ccccc31)c1ccc(O)c([As]3SCCS3)c1Oc1c2ccc(O)c1[As]1SCCS1.O=c1ccc2nc3ccc(O)c([As]4SCCS4)c3oc-2c1[As]1SCCS1. The molecule has 312 valence electrons. The second-order valence-electron chi connectivity index (χ2n) is 13.8. The molecule has 0 unspecified atom stereocenters. The first-order chi connectivity index (χ1) is 29.8. The minimum absolute atomic E-state index is 0.0773. The molecular formula is C40H31As4NO8S8. The Morgan fingerprint density at radius 3 is 1.61 bits per heavy atom. The van der Waals surface area contributed by atoms with E-state index in [1.165, 1.54) is 0 Å². The molecule has 12 rings (SSSR count). The van der Waals surface area contributed by atoms with E-state index < -0.39 is 55.0 Å². The first kappa shape index (κ1) is 42.8. The van der Waals surface area contributed by atoms with Gasteiger partial charge in [-0.2, -0.15) is 0 Å². The second-order valence-corrected chi connectivity index (χ2v) is 60.2. The zero-order chi connectivity index (χ0) is 41.4. The van der Waals surface area contributed by atoms with Gasteiger partial charge in [0.05, 0.1) is 0 Å². The van der Waals surface area contributed by atoms with Crippen molar-refractivity contribution in [3.8, 4) is 40.2 Å². The summed E-state index contributed by atoms with van der Waals surface area (Å²) >= 11 is -6.38. The number of hydrogen-bond donors (Lipinski definition) is 3. The van der Waals surface area contributed by atoms with Crippen molar-refractivity contribution in [1.82, 2.24) is 4.98 Å². The fourth-order valence-electron chi connectivity index (χ4n) is 7.78. The van der Waals surface area contributed by atoms with Gasteiger partial charge in [-0.1, -0.05) is 0 Å². The summed E-state index contributed by atoms with van der Waals surface area (Å²) in [4.78, 5) is 30.6. The van der Waals surface area contributed by atoms with Crippen LogP contribution in [0.5, 0.6) is 28.7 Å². The molecule has 1 spiro atoms. The van der Waals surface area contributed by atoms with Gasteiger partial charge in [0.1, 0.15) is 0 Å². The molecule has 4 aromatic rings. The summed E-state index contributed by atoms with van der Waals surface area (Å²) in [5.74, 6) is 11.0. The molecule has 7 aliphatic heterocycles. The third-order valence-electron chi connectivity index (χ3n) is 10.3. The minimum atomic E-state index is -1.70. The van der Waals surface area contributed by atoms with Crippen LogP contribution < -0.4 is 27.6 Å². The van der Waals surface area contributed by atoms with Gasteiger partial charge < -0.3 is 0 Å². The van der Waals surface area contributed by atoms with E-state index in [4.69, 9.17) is 18.9 Å². The molecular weight excluding hydrogens is 1180 g/mol. The molecule has 3 N–H and O–H groups in total. The van der Waals surface area contributed by atoms with Crippen molar-refractivity contribution in [3.63, 3.8) is 0 Å². The molecule has 0 aromatic heterocycles. The van der Waals surface area contributed by atoms with E-state index in [0.29, 0.717) is 34.2 Å². The molecule has 8 aliphatic rings. The van der Waals surface area contributed by atoms with E-state index in [-0.39, 0.29) is 22.9 Å². The van der Waals surface area contributed by atoms with E-state index >= 15 is 0 Å². The number of phenolic OH excluding ortho intramolecular Hbond substituents is 3. The molecule has 4 aromatic carbocycles. The predicted molar refractivity (Wildman–Crippen MR) is 268 cm³/mol. The monoisotopic (exact) mass is 1210 g/mol. The van der Waals surface area contributed by atoms with Crippen LogP contribution in [-0.2, 0) is 10.3 Å². The van der Waals surface area contributed by atoms with Crippen molar-refractivity contribution >= 4 is 164 Å². The number of aromatic hydroxyl groups is 3. The number of carbonyl (C=O) groups excluding carboxylic acids is 1. The van der Waals surface area contributed by atoms with Crippen LogP contribution in [0.25, 0.3) is 22.6 Å². The average molecular weight is 1210 g/mol. The number of ether oxygens (including phenoxy) is 2. The number of fused-ring (bicyclic) bond motifs is 8. The summed E-state index contributed by atoms with van der Waals surface area (Å²) in [6, 6.07) is 21.6. The summed E-state index contributed by atoms with van der Waals surface area (Å²) in [7, 11) is 15.5. The zero-order valence-electron chi connectivity index (χ0n) is 31.5. The molecule has 1 aliphatic carbocycles. The normalized spacial score (nSPS) is 19.8. The van der Waals surface area contributed by atoms with Crippen molar-refractivity contribution < 1.29 is 34.0 Å². The average Bonchev–Trinajstić information content (AvgIpc) is 4.13. The van der Waals surface area contributed by atoms with E-state index in [1.807, 2.05) is 117 Å². The molecule has 7 heterocycles. The van der Waals surface area contributed by atoms with Crippen molar-refractivity contribution in [3.05, 3.63) is 105 Å². The summed E-state index contributed by atoms with van der Waals surface area (Å²) in [5.41, 5.74) is 3.95. The Balaban J connectivity index is 0.000000144. The first-order valence-electron chi connectivity index (χ1n) is 18.9. The van der Waals surface area contributed by atoms with Crippen molar-refractivity contribution in [2.75, 3.05) is 46.0 Å². The van der Waals surface area contributed by atoms with Crippen LogP contribution in [0.3, 0.4) is 0 Å². The molecule has 21 heteroatoms. The van der Waals surface area contributed by atoms with E-state index in [1.54, 1.807) is 36.4 Å². The topological polar surface area (TPSA) is 139 Å². The molecule has 0 atom stereocenters. The predicted octanol–water partition coefficient (Wildman–Crippen LogP) is 6.37. The van der Waals surface area contributed by atoms with Crippen LogP contribution in [-0.4, -0.2) is 122 Å². The number of hydrogen-bond acceptors (Lipinski definition) is 17. The number of rotatable bonds is 4. The van der Waals surface area contributed by atoms with Gasteiger partial charge in [-0.15, -0.1) is 0 Å². The third-order valence-corrected chi connectivity index (χ3v) is 64.7. The quantitative estimate of drug-likeness (QED) is 0.102. The van der Waals surface area contributed by atoms with Gasteiger partial charge in [-0.25, -0.2) is 0 Å². The standard InChI is InChI=1S/C24H18As2O5S4.C16H13As2NO3S4/c27-17-7-5-15-21(19(17)25-32-9-10-33-25)30-22-16(6-8-18(28)20(22)26-34-11-12-35-26)24(15)14-4-2-1-3-13(14)23(29)31-24;20-11-3-1-9-15(13(11)17-23-5-6-24-17)22-16-10(19-9)2-4-12(21)14(16)18-25-7-8-26-18/h1-8,27-28H,9-12H2;1-4,20H,5-8H2. The van der Waals surface area contributed by atoms with Gasteiger partial charge in [0.25, 0.3) is 0 Å². The maximum atomic E-state index is 13.2. The molecule has 9 nitrogen and oxygen atoms in total. The second kappa shape index (κ2) is 17.8. The molecule has 0 amide bonds. The molecule has 0 saturated carbocycles. The van der Waals surface area contributed by atoms with Gasteiger partial charge in [-0.3, -0.25) is 0 Å². The van der Waals surface area contributed by atoms with Crippen LogP contribution in [0.15, 0.2) is 82.0 Å². The van der Waals surface area contributed by atoms with E-state index in [9.17, 15) is 24.9 Å². The summed E-state index contributed by atoms with van der Waals surface area (Å²) in [6.07, 6.45) is 0. The zero-order valence-corrected chi connectivity index (χ0v) is 45.5. The fraction of sp³-hybridized carbons (Fsp3) is 0.225. The number of phenols is 3. The number of aromatic nitrogens is 1. The van der Waals surface area contributed by atoms with Gasteiger partial charge in [-0.05, 0) is 0 Å². The van der Waals surface area contributed by atoms with E-state index in [0.717, 1.165) is 91.3 Å². The van der Waals surface area contributed by atoms with Crippen LogP contribution in [0, 0.1) is 0 Å². The number of benzene rings is 5. The molecule has 0 bridgehead atoms. The Kier molecular flexibility index (Phi) is 12.5. The fourth-order valence-corrected chi connectivity index (χ4v) is 67.0. The third kappa shape index (κ3) is 7.46. The Morgan fingerprint density at radius 2 is 1.03 bits per heavy atom. The summed E-state index contributed by atoms with van der Waals surface area (Å²) in [5, 5.41) is 32.7. The van der Waals surface area contributed by atoms with Crippen LogP contribution in [0.1, 0.15) is 27.0 Å². The first-order valence-corrected chi connectivity index (χ1v) is 48.6. The van der Waals surface area contributed by atoms with Gasteiger partial charge in [0, 0.05) is 0 Å². The number of carbonyl (C=O) groups is 1. The van der Waals surface area contributed by atoms with Crippen molar-refractivity contribution in [1.29, 1.82) is 0 Å². The summed E-state index contributed by atoms with van der Waals surface area (Å²) < 4.78 is 23.1. The van der Waals surface area contributed by atoms with E-state index in [2.05, 4.69) is 0 Å². The Hall–Kier alpha value is -0.796.